The van der Waals surface area contributed by atoms with Gasteiger partial charge in [-0.05, 0) is 19.9 Å². The van der Waals surface area contributed by atoms with E-state index in [2.05, 4.69) is 0 Å². The normalized spacial score (nSPS) is 24.9. The van der Waals surface area contributed by atoms with Crippen molar-refractivity contribution in [3.8, 4) is 0 Å². The molecular weight excluding hydrogens is 306 g/mol. The number of hydrogen-bond acceptors (Lipinski definition) is 4. The fourth-order valence-electron chi connectivity index (χ4n) is 3.32. The Kier molecular flexibility index (Phi) is 4.42. The molecule has 0 radical (unpaired) electrons. The second-order valence-electron chi connectivity index (χ2n) is 6.34. The number of aryl methyl sites for hydroxylation is 1. The molecule has 0 bridgehead atoms. The molecule has 1 aromatic rings. The zero-order chi connectivity index (χ0) is 16.6. The maximum Gasteiger partial charge on any atom is 0.289 e. The molecule has 0 aromatic carbocycles. The van der Waals surface area contributed by atoms with Crippen molar-refractivity contribution in [2.45, 2.75) is 38.3 Å². The fraction of sp³-hybridized carbons (Fsp3) is 0.688. The summed E-state index contributed by atoms with van der Waals surface area (Å²) in [6.07, 6.45) is 1.31. The lowest BCUT2D eigenvalue weighted by Crippen LogP contribution is -2.62. The Labute approximate surface area is 134 Å². The van der Waals surface area contributed by atoms with E-state index in [1.807, 2.05) is 13.8 Å². The highest BCUT2D eigenvalue weighted by Gasteiger charge is 2.50. The lowest BCUT2D eigenvalue weighted by Gasteiger charge is -2.45. The van der Waals surface area contributed by atoms with E-state index in [1.54, 1.807) is 15.9 Å². The molecule has 23 heavy (non-hydrogen) atoms. The van der Waals surface area contributed by atoms with E-state index >= 15 is 0 Å². The Balaban J connectivity index is 1.59. The van der Waals surface area contributed by atoms with Crippen LogP contribution >= 0.6 is 0 Å². The molecule has 0 N–H and O–H groups in total. The van der Waals surface area contributed by atoms with Crippen LogP contribution in [0.25, 0.3) is 0 Å². The predicted molar refractivity (Wildman–Crippen MR) is 79.7 cm³/mol. The Morgan fingerprint density at radius 3 is 2.83 bits per heavy atom. The number of amides is 1. The van der Waals surface area contributed by atoms with Crippen molar-refractivity contribution < 1.29 is 22.7 Å². The van der Waals surface area contributed by atoms with E-state index < -0.39 is 5.92 Å². The van der Waals surface area contributed by atoms with E-state index in [-0.39, 0.29) is 31.0 Å². The number of ether oxygens (including phenoxy) is 1. The van der Waals surface area contributed by atoms with Crippen LogP contribution in [0, 0.1) is 6.92 Å². The van der Waals surface area contributed by atoms with Gasteiger partial charge < -0.3 is 14.1 Å². The molecule has 128 valence electrons. The van der Waals surface area contributed by atoms with Crippen molar-refractivity contribution in [1.29, 1.82) is 0 Å². The number of carbonyl (C=O) groups excluding carboxylic acids is 1. The Morgan fingerprint density at radius 1 is 1.48 bits per heavy atom. The third-order valence-electron chi connectivity index (χ3n) is 4.61. The summed E-state index contributed by atoms with van der Waals surface area (Å²) in [5.41, 5.74) is 0.792. The molecule has 2 fully saturated rings. The largest absolute Gasteiger partial charge is 0.459 e. The maximum atomic E-state index is 13.7. The summed E-state index contributed by atoms with van der Waals surface area (Å²) < 4.78 is 38.0. The second-order valence-corrected chi connectivity index (χ2v) is 6.34. The highest BCUT2D eigenvalue weighted by Crippen LogP contribution is 2.35. The highest BCUT2D eigenvalue weighted by atomic mass is 19.3. The van der Waals surface area contributed by atoms with E-state index in [4.69, 9.17) is 9.15 Å². The average molecular weight is 328 g/mol. The van der Waals surface area contributed by atoms with Gasteiger partial charge in [-0.25, -0.2) is 8.78 Å². The standard InChI is InChI=1S/C16H22F2N2O3/c1-3-22-9-12-6-16(17,18)10-20(12)13-7-19(8-13)15(21)14-11(2)4-5-23-14/h4-5,12-13H,3,6-10H2,1-2H3/t12-/m0/s1. The third-order valence-corrected chi connectivity index (χ3v) is 4.61. The first-order valence-electron chi connectivity index (χ1n) is 7.96. The number of rotatable bonds is 5. The van der Waals surface area contributed by atoms with Gasteiger partial charge in [0.2, 0.25) is 0 Å². The monoisotopic (exact) mass is 328 g/mol. The molecule has 1 aromatic heterocycles. The third kappa shape index (κ3) is 3.26. The first kappa shape index (κ1) is 16.4. The SMILES string of the molecule is CCOC[C@@H]1CC(F)(F)CN1C1CN(C(=O)c2occc2C)C1. The Hall–Kier alpha value is -1.47. The first-order chi connectivity index (χ1) is 10.9. The van der Waals surface area contributed by atoms with Crippen LogP contribution in [0.1, 0.15) is 29.5 Å². The first-order valence-corrected chi connectivity index (χ1v) is 7.96. The molecule has 1 atom stereocenters. The molecule has 1 amide bonds. The number of nitrogens with zero attached hydrogens (tertiary/aromatic N) is 2. The van der Waals surface area contributed by atoms with Crippen LogP contribution in [0.4, 0.5) is 8.78 Å². The van der Waals surface area contributed by atoms with Crippen molar-refractivity contribution in [3.05, 3.63) is 23.7 Å². The summed E-state index contributed by atoms with van der Waals surface area (Å²) in [5.74, 6) is -2.51. The predicted octanol–water partition coefficient (Wildman–Crippen LogP) is 2.16. The zero-order valence-corrected chi connectivity index (χ0v) is 13.4. The average Bonchev–Trinajstić information content (AvgIpc) is 2.98. The van der Waals surface area contributed by atoms with E-state index in [0.717, 1.165) is 5.56 Å². The molecule has 3 heterocycles. The topological polar surface area (TPSA) is 45.9 Å². The molecule has 0 spiro atoms. The molecule has 5 nitrogen and oxygen atoms in total. The maximum absolute atomic E-state index is 13.7. The minimum Gasteiger partial charge on any atom is -0.459 e. The molecule has 3 rings (SSSR count). The van der Waals surface area contributed by atoms with Gasteiger partial charge in [-0.3, -0.25) is 9.69 Å². The lowest BCUT2D eigenvalue weighted by atomic mass is 10.0. The number of alkyl halides is 2. The molecule has 0 aliphatic carbocycles. The van der Waals surface area contributed by atoms with Crippen LogP contribution in [-0.4, -0.2) is 66.6 Å². The molecule has 0 saturated carbocycles. The quantitative estimate of drug-likeness (QED) is 0.831. The number of hydrogen-bond donors (Lipinski definition) is 0. The van der Waals surface area contributed by atoms with E-state index in [1.165, 1.54) is 6.26 Å². The molecule has 7 heteroatoms. The van der Waals surface area contributed by atoms with Crippen LogP contribution in [0.5, 0.6) is 0 Å². The Morgan fingerprint density at radius 2 is 2.22 bits per heavy atom. The van der Waals surface area contributed by atoms with Crippen LogP contribution in [0.15, 0.2) is 16.7 Å². The van der Waals surface area contributed by atoms with Crippen LogP contribution in [-0.2, 0) is 4.74 Å². The van der Waals surface area contributed by atoms with Crippen molar-refractivity contribution in [1.82, 2.24) is 9.80 Å². The van der Waals surface area contributed by atoms with E-state index in [0.29, 0.717) is 32.1 Å². The minimum atomic E-state index is -2.68. The zero-order valence-electron chi connectivity index (χ0n) is 13.4. The van der Waals surface area contributed by atoms with Crippen molar-refractivity contribution in [3.63, 3.8) is 0 Å². The summed E-state index contributed by atoms with van der Waals surface area (Å²) in [4.78, 5) is 15.7. The van der Waals surface area contributed by atoms with Crippen molar-refractivity contribution in [2.75, 3.05) is 32.8 Å². The number of likely N-dealkylation sites (tertiary alicyclic amines) is 2. The summed E-state index contributed by atoms with van der Waals surface area (Å²) in [6, 6.07) is 1.43. The lowest BCUT2D eigenvalue weighted by molar-refractivity contribution is -0.0156. The number of carbonyl (C=O) groups is 1. The molecule has 0 unspecified atom stereocenters. The molecule has 2 aliphatic heterocycles. The van der Waals surface area contributed by atoms with Gasteiger partial charge in [0.1, 0.15) is 0 Å². The second kappa shape index (κ2) is 6.20. The van der Waals surface area contributed by atoms with Gasteiger partial charge >= 0.3 is 0 Å². The van der Waals surface area contributed by atoms with Gasteiger partial charge in [-0.15, -0.1) is 0 Å². The van der Waals surface area contributed by atoms with Gasteiger partial charge in [0.05, 0.1) is 19.4 Å². The smallest absolute Gasteiger partial charge is 0.289 e. The summed E-state index contributed by atoms with van der Waals surface area (Å²) >= 11 is 0. The molecule has 2 saturated heterocycles. The Bertz CT molecular complexity index is 569. The fourth-order valence-corrected chi connectivity index (χ4v) is 3.32. The van der Waals surface area contributed by atoms with Crippen LogP contribution < -0.4 is 0 Å². The van der Waals surface area contributed by atoms with Crippen LogP contribution in [0.2, 0.25) is 0 Å². The van der Waals surface area contributed by atoms with E-state index in [9.17, 15) is 13.6 Å². The summed E-state index contributed by atoms with van der Waals surface area (Å²) in [6.45, 7) is 5.16. The van der Waals surface area contributed by atoms with Crippen LogP contribution in [0.3, 0.4) is 0 Å². The van der Waals surface area contributed by atoms with Gasteiger partial charge in [-0.1, -0.05) is 0 Å². The van der Waals surface area contributed by atoms with Crippen molar-refractivity contribution >= 4 is 5.91 Å². The highest BCUT2D eigenvalue weighted by molar-refractivity contribution is 5.93. The van der Waals surface area contributed by atoms with Crippen molar-refractivity contribution in [2.24, 2.45) is 0 Å². The number of halogens is 2. The van der Waals surface area contributed by atoms with Gasteiger partial charge in [0, 0.05) is 43.8 Å². The molecular formula is C16H22F2N2O3. The van der Waals surface area contributed by atoms with Gasteiger partial charge in [0.25, 0.3) is 11.8 Å². The molecule has 2 aliphatic rings. The summed E-state index contributed by atoms with van der Waals surface area (Å²) in [5, 5.41) is 0. The van der Waals surface area contributed by atoms with Gasteiger partial charge in [-0.2, -0.15) is 0 Å². The number of furan rings is 1. The minimum absolute atomic E-state index is 0.0342. The van der Waals surface area contributed by atoms with Gasteiger partial charge in [0.15, 0.2) is 5.76 Å². The summed E-state index contributed by atoms with van der Waals surface area (Å²) in [7, 11) is 0.